The van der Waals surface area contributed by atoms with Crippen molar-refractivity contribution in [2.45, 2.75) is 19.1 Å². The van der Waals surface area contributed by atoms with E-state index in [1.807, 2.05) is 0 Å². The van der Waals surface area contributed by atoms with Crippen LogP contribution in [0.25, 0.3) is 0 Å². The summed E-state index contributed by atoms with van der Waals surface area (Å²) >= 11 is 0.361. The first-order chi connectivity index (χ1) is 9.82. The molecule has 4 nitrogen and oxygen atoms in total. The van der Waals surface area contributed by atoms with E-state index in [1.54, 1.807) is 13.0 Å². The van der Waals surface area contributed by atoms with Crippen LogP contribution in [0, 0.1) is 5.82 Å². The quantitative estimate of drug-likeness (QED) is 0.868. The van der Waals surface area contributed by atoms with Crippen molar-refractivity contribution >= 4 is 16.5 Å². The summed E-state index contributed by atoms with van der Waals surface area (Å²) in [5.74, 6) is -0.217. The molecule has 9 heteroatoms. The molecule has 0 saturated heterocycles. The predicted molar refractivity (Wildman–Crippen MR) is 69.9 cm³/mol. The second kappa shape index (κ2) is 5.84. The number of aromatic nitrogens is 2. The second-order valence-corrected chi connectivity index (χ2v) is 5.11. The van der Waals surface area contributed by atoms with E-state index >= 15 is 0 Å². The van der Waals surface area contributed by atoms with Gasteiger partial charge in [-0.3, -0.25) is 0 Å². The number of nitrogens with zero attached hydrogens (tertiary/aromatic N) is 2. The van der Waals surface area contributed by atoms with Crippen LogP contribution in [0.1, 0.15) is 23.5 Å². The first kappa shape index (κ1) is 15.5. The molecule has 0 bridgehead atoms. The van der Waals surface area contributed by atoms with E-state index in [-0.39, 0.29) is 10.7 Å². The standard InChI is InChI=1S/C12H11F4N3OS/c1-6(9-7(13)4-3-5-8(9)20-2)17-11-19-18-10(21-11)12(14,15)16/h3-6H,1-2H3,(H,17,19). The molecule has 0 aliphatic carbocycles. The average Bonchev–Trinajstić information content (AvgIpc) is 2.86. The van der Waals surface area contributed by atoms with E-state index in [2.05, 4.69) is 15.5 Å². The molecule has 0 spiro atoms. The minimum absolute atomic E-state index is 0.0415. The Kier molecular flexibility index (Phi) is 4.31. The average molecular weight is 321 g/mol. The summed E-state index contributed by atoms with van der Waals surface area (Å²) in [6.45, 7) is 1.59. The maximum atomic E-state index is 13.9. The molecule has 0 saturated carbocycles. The summed E-state index contributed by atoms with van der Waals surface area (Å²) in [6, 6.07) is 3.67. The molecular weight excluding hydrogens is 310 g/mol. The summed E-state index contributed by atoms with van der Waals surface area (Å²) in [4.78, 5) is 0. The van der Waals surface area contributed by atoms with Crippen LogP contribution < -0.4 is 10.1 Å². The van der Waals surface area contributed by atoms with E-state index in [1.165, 1.54) is 19.2 Å². The maximum Gasteiger partial charge on any atom is 0.445 e. The topological polar surface area (TPSA) is 47.0 Å². The highest BCUT2D eigenvalue weighted by Crippen LogP contribution is 2.35. The number of benzene rings is 1. The van der Waals surface area contributed by atoms with Gasteiger partial charge in [0.05, 0.1) is 18.7 Å². The molecule has 0 radical (unpaired) electrons. The van der Waals surface area contributed by atoms with Crippen molar-refractivity contribution < 1.29 is 22.3 Å². The Morgan fingerprint density at radius 2 is 2.00 bits per heavy atom. The number of anilines is 1. The highest BCUT2D eigenvalue weighted by atomic mass is 32.1. The van der Waals surface area contributed by atoms with E-state index in [9.17, 15) is 17.6 Å². The number of nitrogens with one attached hydrogen (secondary N) is 1. The zero-order chi connectivity index (χ0) is 15.6. The summed E-state index contributed by atoms with van der Waals surface area (Å²) in [5, 5.41) is 8.05. The van der Waals surface area contributed by atoms with Crippen LogP contribution in [-0.4, -0.2) is 17.3 Å². The van der Waals surface area contributed by atoms with Crippen molar-refractivity contribution in [3.05, 3.63) is 34.6 Å². The minimum Gasteiger partial charge on any atom is -0.496 e. The van der Waals surface area contributed by atoms with Gasteiger partial charge in [-0.2, -0.15) is 13.2 Å². The van der Waals surface area contributed by atoms with Gasteiger partial charge in [0.25, 0.3) is 0 Å². The first-order valence-corrected chi connectivity index (χ1v) is 6.64. The van der Waals surface area contributed by atoms with Crippen LogP contribution in [0.2, 0.25) is 0 Å². The summed E-state index contributed by atoms with van der Waals surface area (Å²) in [5.41, 5.74) is 0.212. The lowest BCUT2D eigenvalue weighted by molar-refractivity contribution is -0.138. The van der Waals surface area contributed by atoms with Gasteiger partial charge in [-0.25, -0.2) is 4.39 Å². The Morgan fingerprint density at radius 3 is 2.57 bits per heavy atom. The predicted octanol–water partition coefficient (Wildman–Crippen LogP) is 3.88. The number of ether oxygens (including phenoxy) is 1. The SMILES string of the molecule is COc1cccc(F)c1C(C)Nc1nnc(C(F)(F)F)s1. The van der Waals surface area contributed by atoms with Crippen molar-refractivity contribution in [3.63, 3.8) is 0 Å². The van der Waals surface area contributed by atoms with E-state index < -0.39 is 23.0 Å². The lowest BCUT2D eigenvalue weighted by atomic mass is 10.1. The van der Waals surface area contributed by atoms with Crippen molar-refractivity contribution in [2.24, 2.45) is 0 Å². The molecule has 1 heterocycles. The van der Waals surface area contributed by atoms with Gasteiger partial charge in [0.1, 0.15) is 11.6 Å². The Balaban J connectivity index is 2.22. The second-order valence-electron chi connectivity index (χ2n) is 4.13. The largest absolute Gasteiger partial charge is 0.496 e. The highest BCUT2D eigenvalue weighted by molar-refractivity contribution is 7.15. The summed E-state index contributed by atoms with van der Waals surface area (Å²) < 4.78 is 56.2. The third-order valence-electron chi connectivity index (χ3n) is 2.67. The molecule has 0 aliphatic heterocycles. The molecule has 2 rings (SSSR count). The molecule has 1 atom stereocenters. The third kappa shape index (κ3) is 3.41. The molecule has 0 fully saturated rings. The molecule has 21 heavy (non-hydrogen) atoms. The van der Waals surface area contributed by atoms with Crippen LogP contribution in [0.5, 0.6) is 5.75 Å². The fraction of sp³-hybridized carbons (Fsp3) is 0.333. The molecule has 1 unspecified atom stereocenters. The molecule has 2 aromatic rings. The van der Waals surface area contributed by atoms with Crippen LogP contribution in [0.4, 0.5) is 22.7 Å². The molecule has 0 aliphatic rings. The van der Waals surface area contributed by atoms with Gasteiger partial charge in [-0.05, 0) is 19.1 Å². The van der Waals surface area contributed by atoms with E-state index in [0.29, 0.717) is 17.1 Å². The Morgan fingerprint density at radius 1 is 1.29 bits per heavy atom. The smallest absolute Gasteiger partial charge is 0.445 e. The van der Waals surface area contributed by atoms with Gasteiger partial charge in [0.15, 0.2) is 0 Å². The number of rotatable bonds is 4. The van der Waals surface area contributed by atoms with Gasteiger partial charge in [0.2, 0.25) is 10.1 Å². The van der Waals surface area contributed by atoms with Crippen LogP contribution in [-0.2, 0) is 6.18 Å². The maximum absolute atomic E-state index is 13.9. The zero-order valence-corrected chi connectivity index (χ0v) is 11.8. The van der Waals surface area contributed by atoms with E-state index in [0.717, 1.165) is 0 Å². The molecule has 114 valence electrons. The summed E-state index contributed by atoms with van der Waals surface area (Å²) in [7, 11) is 1.39. The number of hydrogen-bond donors (Lipinski definition) is 1. The molecule has 1 aromatic carbocycles. The number of methoxy groups -OCH3 is 1. The number of halogens is 4. The highest BCUT2D eigenvalue weighted by Gasteiger charge is 2.35. The third-order valence-corrected chi connectivity index (χ3v) is 3.57. The van der Waals surface area contributed by atoms with Crippen molar-refractivity contribution in [1.29, 1.82) is 0 Å². The zero-order valence-electron chi connectivity index (χ0n) is 11.0. The first-order valence-electron chi connectivity index (χ1n) is 5.82. The number of alkyl halides is 3. The lowest BCUT2D eigenvalue weighted by Gasteiger charge is -2.17. The molecule has 1 N–H and O–H groups in total. The fourth-order valence-corrected chi connectivity index (χ4v) is 2.47. The number of hydrogen-bond acceptors (Lipinski definition) is 5. The van der Waals surface area contributed by atoms with Crippen LogP contribution in [0.3, 0.4) is 0 Å². The monoisotopic (exact) mass is 321 g/mol. The van der Waals surface area contributed by atoms with Gasteiger partial charge >= 0.3 is 6.18 Å². The van der Waals surface area contributed by atoms with Crippen molar-refractivity contribution in [2.75, 3.05) is 12.4 Å². The van der Waals surface area contributed by atoms with Crippen LogP contribution >= 0.6 is 11.3 Å². The summed E-state index contributed by atoms with van der Waals surface area (Å²) in [6.07, 6.45) is -4.55. The molecular formula is C12H11F4N3OS. The fourth-order valence-electron chi connectivity index (χ4n) is 1.77. The van der Waals surface area contributed by atoms with Gasteiger partial charge in [-0.1, -0.05) is 17.4 Å². The van der Waals surface area contributed by atoms with Crippen molar-refractivity contribution in [1.82, 2.24) is 10.2 Å². The Bertz CT molecular complexity index is 629. The molecule has 1 aromatic heterocycles. The van der Waals surface area contributed by atoms with Crippen molar-refractivity contribution in [3.8, 4) is 5.75 Å². The minimum atomic E-state index is -4.55. The normalized spacial score (nSPS) is 13.0. The van der Waals surface area contributed by atoms with Gasteiger partial charge < -0.3 is 10.1 Å². The van der Waals surface area contributed by atoms with E-state index in [4.69, 9.17) is 4.74 Å². The van der Waals surface area contributed by atoms with Gasteiger partial charge in [-0.15, -0.1) is 10.2 Å². The van der Waals surface area contributed by atoms with Crippen LogP contribution in [0.15, 0.2) is 18.2 Å². The van der Waals surface area contributed by atoms with Gasteiger partial charge in [0, 0.05) is 0 Å². The Hall–Kier alpha value is -1.90. The lowest BCUT2D eigenvalue weighted by Crippen LogP contribution is -2.10. The molecule has 0 amide bonds. The Labute approximate surface area is 121 Å².